The van der Waals surface area contributed by atoms with Gasteiger partial charge in [-0.05, 0) is 12.8 Å². The Hall–Kier alpha value is -1.59. The number of H-pyrrole nitrogens is 1. The summed E-state index contributed by atoms with van der Waals surface area (Å²) in [4.78, 5) is 22.3. The maximum absolute atomic E-state index is 11.4. The molecule has 0 atom stereocenters. The first kappa shape index (κ1) is 9.95. The fraction of sp³-hybridized carbons (Fsp3) is 0.667. The van der Waals surface area contributed by atoms with Gasteiger partial charge in [-0.2, -0.15) is 5.10 Å². The number of hydrogen-bond acceptors (Lipinski definition) is 3. The maximum Gasteiger partial charge on any atom is 0.343 e. The Morgan fingerprint density at radius 1 is 1.60 bits per heavy atom. The van der Waals surface area contributed by atoms with E-state index in [1.54, 1.807) is 0 Å². The Labute approximate surface area is 85.9 Å². The first-order chi connectivity index (χ1) is 7.14. The number of rotatable bonds is 3. The van der Waals surface area contributed by atoms with E-state index in [0.29, 0.717) is 0 Å². The molecule has 6 nitrogen and oxygen atoms in total. The van der Waals surface area contributed by atoms with Crippen LogP contribution in [0, 0.1) is 0 Å². The van der Waals surface area contributed by atoms with E-state index in [-0.39, 0.29) is 12.1 Å². The second-order valence-electron chi connectivity index (χ2n) is 4.03. The minimum absolute atomic E-state index is 0.00750. The highest BCUT2D eigenvalue weighted by atomic mass is 16.4. The topological polar surface area (TPSA) is 88.0 Å². The van der Waals surface area contributed by atoms with Crippen molar-refractivity contribution in [2.24, 2.45) is 0 Å². The minimum Gasteiger partial charge on any atom is -0.481 e. The van der Waals surface area contributed by atoms with Gasteiger partial charge < -0.3 is 5.11 Å². The zero-order valence-corrected chi connectivity index (χ0v) is 8.27. The fourth-order valence-electron chi connectivity index (χ4n) is 2.40. The standard InChI is InChI=1S/C9H13N3O3/c13-7(14)5-9(3-1-2-4-9)12-6-10-11-8(12)15/h6H,1-5H2,(H,11,15)(H,13,14). The molecule has 1 aliphatic rings. The molecule has 1 heterocycles. The molecule has 1 fully saturated rings. The Morgan fingerprint density at radius 2 is 2.27 bits per heavy atom. The third-order valence-electron chi connectivity index (χ3n) is 3.08. The first-order valence-corrected chi connectivity index (χ1v) is 4.98. The van der Waals surface area contributed by atoms with Gasteiger partial charge in [0.05, 0.1) is 12.0 Å². The average molecular weight is 211 g/mol. The second-order valence-corrected chi connectivity index (χ2v) is 4.03. The average Bonchev–Trinajstić information content (AvgIpc) is 2.73. The van der Waals surface area contributed by atoms with Crippen LogP contribution in [-0.2, 0) is 10.3 Å². The van der Waals surface area contributed by atoms with Gasteiger partial charge in [-0.15, -0.1) is 0 Å². The van der Waals surface area contributed by atoms with Crippen molar-refractivity contribution in [2.75, 3.05) is 0 Å². The SMILES string of the molecule is O=C(O)CC1(n2cn[nH]c2=O)CCCC1. The molecule has 0 radical (unpaired) electrons. The zero-order chi connectivity index (χ0) is 10.9. The van der Waals surface area contributed by atoms with Gasteiger partial charge in [-0.1, -0.05) is 12.8 Å². The first-order valence-electron chi connectivity index (χ1n) is 4.98. The van der Waals surface area contributed by atoms with Crippen molar-refractivity contribution in [1.29, 1.82) is 0 Å². The fourth-order valence-corrected chi connectivity index (χ4v) is 2.40. The van der Waals surface area contributed by atoms with Gasteiger partial charge in [0.25, 0.3) is 0 Å². The monoisotopic (exact) mass is 211 g/mol. The van der Waals surface area contributed by atoms with Gasteiger partial charge in [0.2, 0.25) is 0 Å². The summed E-state index contributed by atoms with van der Waals surface area (Å²) in [5.74, 6) is -0.870. The highest BCUT2D eigenvalue weighted by Gasteiger charge is 2.39. The Morgan fingerprint density at radius 3 is 2.73 bits per heavy atom. The molecule has 0 saturated heterocycles. The molecule has 0 spiro atoms. The molecule has 1 saturated carbocycles. The maximum atomic E-state index is 11.4. The molecule has 1 aromatic rings. The lowest BCUT2D eigenvalue weighted by Gasteiger charge is -2.27. The summed E-state index contributed by atoms with van der Waals surface area (Å²) < 4.78 is 1.44. The van der Waals surface area contributed by atoms with E-state index in [4.69, 9.17) is 5.11 Å². The van der Waals surface area contributed by atoms with Crippen molar-refractivity contribution < 1.29 is 9.90 Å². The van der Waals surface area contributed by atoms with E-state index < -0.39 is 11.5 Å². The smallest absolute Gasteiger partial charge is 0.343 e. The quantitative estimate of drug-likeness (QED) is 0.753. The highest BCUT2D eigenvalue weighted by molar-refractivity contribution is 5.68. The van der Waals surface area contributed by atoms with Gasteiger partial charge in [-0.3, -0.25) is 9.36 Å². The Kier molecular flexibility index (Phi) is 2.34. The molecular formula is C9H13N3O3. The lowest BCUT2D eigenvalue weighted by Crippen LogP contribution is -2.39. The number of carboxylic acid groups (broad SMARTS) is 1. The molecule has 1 aliphatic carbocycles. The third-order valence-corrected chi connectivity index (χ3v) is 3.08. The third kappa shape index (κ3) is 1.67. The van der Waals surface area contributed by atoms with E-state index in [1.807, 2.05) is 0 Å². The number of carboxylic acids is 1. The van der Waals surface area contributed by atoms with Crippen LogP contribution < -0.4 is 5.69 Å². The zero-order valence-electron chi connectivity index (χ0n) is 8.27. The normalized spacial score (nSPS) is 19.2. The Bertz CT molecular complexity index is 414. The highest BCUT2D eigenvalue weighted by Crippen LogP contribution is 2.38. The predicted molar refractivity (Wildman–Crippen MR) is 51.5 cm³/mol. The molecule has 15 heavy (non-hydrogen) atoms. The van der Waals surface area contributed by atoms with Crippen LogP contribution >= 0.6 is 0 Å². The van der Waals surface area contributed by atoms with Crippen LogP contribution in [0.4, 0.5) is 0 Å². The molecule has 2 N–H and O–H groups in total. The number of aromatic amines is 1. The summed E-state index contributed by atoms with van der Waals surface area (Å²) >= 11 is 0. The van der Waals surface area contributed by atoms with Crippen molar-refractivity contribution in [3.8, 4) is 0 Å². The molecule has 0 bridgehead atoms. The number of aromatic nitrogens is 3. The van der Waals surface area contributed by atoms with E-state index in [0.717, 1.165) is 25.7 Å². The number of nitrogens with one attached hydrogen (secondary N) is 1. The molecule has 6 heteroatoms. The van der Waals surface area contributed by atoms with E-state index in [9.17, 15) is 9.59 Å². The summed E-state index contributed by atoms with van der Waals surface area (Å²) in [6, 6.07) is 0. The van der Waals surface area contributed by atoms with Crippen LogP contribution in [0.2, 0.25) is 0 Å². The van der Waals surface area contributed by atoms with Crippen molar-refractivity contribution in [1.82, 2.24) is 14.8 Å². The van der Waals surface area contributed by atoms with Gasteiger partial charge in [0.1, 0.15) is 6.33 Å². The summed E-state index contributed by atoms with van der Waals surface area (Å²) in [6.07, 6.45) is 4.79. The largest absolute Gasteiger partial charge is 0.481 e. The molecule has 0 aromatic carbocycles. The summed E-state index contributed by atoms with van der Waals surface area (Å²) in [6.45, 7) is 0. The second kappa shape index (κ2) is 3.52. The summed E-state index contributed by atoms with van der Waals surface area (Å²) in [7, 11) is 0. The lowest BCUT2D eigenvalue weighted by atomic mass is 9.93. The van der Waals surface area contributed by atoms with Crippen molar-refractivity contribution in [3.63, 3.8) is 0 Å². The van der Waals surface area contributed by atoms with Crippen LogP contribution in [-0.4, -0.2) is 25.8 Å². The number of hydrogen-bond donors (Lipinski definition) is 2. The molecule has 82 valence electrons. The minimum atomic E-state index is -0.870. The molecule has 0 aliphatic heterocycles. The van der Waals surface area contributed by atoms with E-state index in [1.165, 1.54) is 10.9 Å². The van der Waals surface area contributed by atoms with Crippen molar-refractivity contribution in [2.45, 2.75) is 37.6 Å². The van der Waals surface area contributed by atoms with Crippen molar-refractivity contribution in [3.05, 3.63) is 16.8 Å². The van der Waals surface area contributed by atoms with E-state index >= 15 is 0 Å². The summed E-state index contributed by atoms with van der Waals surface area (Å²) in [5.41, 5.74) is -0.881. The predicted octanol–water partition coefficient (Wildman–Crippen LogP) is 0.315. The van der Waals surface area contributed by atoms with Crippen molar-refractivity contribution >= 4 is 5.97 Å². The van der Waals surface area contributed by atoms with Crippen LogP contribution in [0.3, 0.4) is 0 Å². The Balaban J connectivity index is 2.39. The van der Waals surface area contributed by atoms with Gasteiger partial charge in [-0.25, -0.2) is 9.89 Å². The van der Waals surface area contributed by atoms with Crippen LogP contribution in [0.5, 0.6) is 0 Å². The lowest BCUT2D eigenvalue weighted by molar-refractivity contribution is -0.139. The molecular weight excluding hydrogens is 198 g/mol. The van der Waals surface area contributed by atoms with Gasteiger partial charge in [0, 0.05) is 0 Å². The van der Waals surface area contributed by atoms with Crippen LogP contribution in [0.15, 0.2) is 11.1 Å². The number of aliphatic carboxylic acids is 1. The van der Waals surface area contributed by atoms with Crippen LogP contribution in [0.25, 0.3) is 0 Å². The van der Waals surface area contributed by atoms with E-state index in [2.05, 4.69) is 10.2 Å². The molecule has 2 rings (SSSR count). The van der Waals surface area contributed by atoms with Crippen LogP contribution in [0.1, 0.15) is 32.1 Å². The molecule has 0 unspecified atom stereocenters. The van der Waals surface area contributed by atoms with Gasteiger partial charge >= 0.3 is 11.7 Å². The number of nitrogens with zero attached hydrogens (tertiary/aromatic N) is 2. The molecule has 0 amide bonds. The molecule has 1 aromatic heterocycles. The van der Waals surface area contributed by atoms with Gasteiger partial charge in [0.15, 0.2) is 0 Å². The summed E-state index contributed by atoms with van der Waals surface area (Å²) in [5, 5.41) is 14.8. The number of carbonyl (C=O) groups is 1.